The van der Waals surface area contributed by atoms with Gasteiger partial charge in [0.2, 0.25) is 0 Å². The molecule has 1 aliphatic rings. The lowest BCUT2D eigenvalue weighted by atomic mass is 10.1. The molecule has 1 unspecified atom stereocenters. The van der Waals surface area contributed by atoms with Crippen molar-refractivity contribution in [3.63, 3.8) is 0 Å². The van der Waals surface area contributed by atoms with Crippen LogP contribution in [-0.2, 0) is 16.4 Å². The van der Waals surface area contributed by atoms with Crippen LogP contribution in [0, 0.1) is 0 Å². The maximum absolute atomic E-state index is 12.8. The third kappa shape index (κ3) is 2.43. The molecule has 0 saturated heterocycles. The molecule has 0 saturated carbocycles. The monoisotopic (exact) mass is 347 g/mol. The summed E-state index contributed by atoms with van der Waals surface area (Å²) in [6, 6.07) is 12.9. The van der Waals surface area contributed by atoms with Gasteiger partial charge >= 0.3 is 0 Å². The van der Waals surface area contributed by atoms with Crippen LogP contribution in [-0.4, -0.2) is 17.8 Å². The number of rotatable bonds is 3. The van der Waals surface area contributed by atoms with Crippen LogP contribution in [0.5, 0.6) is 0 Å². The number of pyridine rings is 1. The zero-order valence-electron chi connectivity index (χ0n) is 12.1. The molecule has 0 bridgehead atoms. The fourth-order valence-corrected chi connectivity index (χ4v) is 5.00. The van der Waals surface area contributed by atoms with E-state index in [1.165, 1.54) is 9.96 Å². The van der Waals surface area contributed by atoms with Gasteiger partial charge in [0.15, 0.2) is 10.2 Å². The number of imidazole rings is 1. The third-order valence-electron chi connectivity index (χ3n) is 4.13. The zero-order chi connectivity index (χ0) is 16.0. The molecule has 2 aromatic heterocycles. The Labute approximate surface area is 139 Å². The van der Waals surface area contributed by atoms with Crippen molar-refractivity contribution in [2.45, 2.75) is 23.9 Å². The first kappa shape index (κ1) is 14.7. The number of hydrogen-bond acceptors (Lipinski definition) is 3. The van der Waals surface area contributed by atoms with Crippen molar-refractivity contribution < 1.29 is 8.42 Å². The number of benzene rings is 1. The minimum atomic E-state index is -3.78. The second-order valence-electron chi connectivity index (χ2n) is 5.55. The number of fused-ring (bicyclic) bond motifs is 2. The van der Waals surface area contributed by atoms with Crippen molar-refractivity contribution in [3.8, 4) is 0 Å². The average Bonchev–Trinajstić information content (AvgIpc) is 3.07. The minimum Gasteiger partial charge on any atom is -0.288 e. The summed E-state index contributed by atoms with van der Waals surface area (Å²) in [4.78, 5) is 4.11. The summed E-state index contributed by atoms with van der Waals surface area (Å²) in [6.45, 7) is 0. The number of hydrogen-bond donors (Lipinski definition) is 1. The normalized spacial score (nSPS) is 17.5. The van der Waals surface area contributed by atoms with Gasteiger partial charge in [0.1, 0.15) is 5.65 Å². The Bertz CT molecular complexity index is 997. The summed E-state index contributed by atoms with van der Waals surface area (Å²) in [6.07, 6.45) is 3.25. The number of nitrogens with one attached hydrogen (secondary N) is 1. The maximum atomic E-state index is 12.8. The van der Waals surface area contributed by atoms with Crippen LogP contribution in [0.3, 0.4) is 0 Å². The van der Waals surface area contributed by atoms with Crippen molar-refractivity contribution in [1.82, 2.24) is 14.1 Å². The van der Waals surface area contributed by atoms with E-state index in [4.69, 9.17) is 11.6 Å². The van der Waals surface area contributed by atoms with Crippen molar-refractivity contribution in [2.24, 2.45) is 0 Å². The molecule has 0 fully saturated rings. The topological polar surface area (TPSA) is 63.5 Å². The molecular formula is C16H14ClN3O2S. The number of aryl methyl sites for hydroxylation is 1. The van der Waals surface area contributed by atoms with E-state index in [1.807, 2.05) is 24.3 Å². The predicted molar refractivity (Wildman–Crippen MR) is 88.0 cm³/mol. The minimum absolute atomic E-state index is 0.0147. The molecule has 0 radical (unpaired) electrons. The molecular weight excluding hydrogens is 334 g/mol. The zero-order valence-corrected chi connectivity index (χ0v) is 13.7. The number of sulfonamides is 1. The maximum Gasteiger partial charge on any atom is 0.260 e. The van der Waals surface area contributed by atoms with Gasteiger partial charge in [0.25, 0.3) is 10.0 Å². The van der Waals surface area contributed by atoms with E-state index in [2.05, 4.69) is 9.71 Å². The number of nitrogens with zero attached hydrogens (tertiary/aromatic N) is 2. The first-order valence-electron chi connectivity index (χ1n) is 7.29. The van der Waals surface area contributed by atoms with E-state index < -0.39 is 10.0 Å². The lowest BCUT2D eigenvalue weighted by Gasteiger charge is -2.14. The summed E-state index contributed by atoms with van der Waals surface area (Å²) in [5.41, 5.74) is 2.72. The summed E-state index contributed by atoms with van der Waals surface area (Å²) in [5.74, 6) is 0. The van der Waals surface area contributed by atoms with E-state index in [1.54, 1.807) is 24.4 Å². The molecule has 1 aromatic carbocycles. The molecule has 4 rings (SSSR count). The lowest BCUT2D eigenvalue weighted by Crippen LogP contribution is -2.28. The highest BCUT2D eigenvalue weighted by Gasteiger charge is 2.30. The van der Waals surface area contributed by atoms with Gasteiger partial charge in [0.05, 0.1) is 0 Å². The molecule has 1 atom stereocenters. The lowest BCUT2D eigenvalue weighted by molar-refractivity contribution is 0.550. The van der Waals surface area contributed by atoms with Gasteiger partial charge in [-0.05, 0) is 36.1 Å². The van der Waals surface area contributed by atoms with Crippen molar-refractivity contribution >= 4 is 27.3 Å². The number of halogens is 1. The van der Waals surface area contributed by atoms with Crippen LogP contribution in [0.15, 0.2) is 53.7 Å². The van der Waals surface area contributed by atoms with E-state index >= 15 is 0 Å². The largest absolute Gasteiger partial charge is 0.288 e. The van der Waals surface area contributed by atoms with Crippen LogP contribution < -0.4 is 4.72 Å². The Hall–Kier alpha value is -1.89. The third-order valence-corrected chi connectivity index (χ3v) is 6.00. The van der Waals surface area contributed by atoms with Gasteiger partial charge in [0, 0.05) is 12.2 Å². The van der Waals surface area contributed by atoms with E-state index in [0.717, 1.165) is 18.4 Å². The molecule has 118 valence electrons. The fourth-order valence-electron chi connectivity index (χ4n) is 3.11. The first-order chi connectivity index (χ1) is 11.1. The molecule has 1 aliphatic carbocycles. The van der Waals surface area contributed by atoms with Crippen molar-refractivity contribution in [2.75, 3.05) is 0 Å². The molecule has 3 aromatic rings. The Morgan fingerprint density at radius 2 is 1.96 bits per heavy atom. The van der Waals surface area contributed by atoms with Crippen molar-refractivity contribution in [3.05, 3.63) is 64.9 Å². The Balaban J connectivity index is 1.75. The SMILES string of the molecule is O=S(=O)(NC1CCc2ccccc21)c1c(Cl)nc2ccccn12. The summed E-state index contributed by atoms with van der Waals surface area (Å²) >= 11 is 6.09. The molecule has 7 heteroatoms. The van der Waals surface area contributed by atoms with Gasteiger partial charge in [-0.25, -0.2) is 18.1 Å². The smallest absolute Gasteiger partial charge is 0.260 e. The first-order valence-corrected chi connectivity index (χ1v) is 9.15. The second kappa shape index (κ2) is 5.33. The molecule has 0 spiro atoms. The standard InChI is InChI=1S/C16H14ClN3O2S/c17-15-16(20-10-4-3-7-14(20)18-15)23(21,22)19-13-9-8-11-5-1-2-6-12(11)13/h1-7,10,13,19H,8-9H2. The molecule has 0 amide bonds. The Morgan fingerprint density at radius 3 is 2.83 bits per heavy atom. The number of aromatic nitrogens is 2. The van der Waals surface area contributed by atoms with Gasteiger partial charge in [-0.15, -0.1) is 0 Å². The predicted octanol–water partition coefficient (Wildman–Crippen LogP) is 2.95. The molecule has 5 nitrogen and oxygen atoms in total. The molecule has 0 aliphatic heterocycles. The van der Waals surface area contributed by atoms with Crippen LogP contribution in [0.1, 0.15) is 23.6 Å². The summed E-state index contributed by atoms with van der Waals surface area (Å²) in [7, 11) is -3.78. The van der Waals surface area contributed by atoms with Gasteiger partial charge in [-0.2, -0.15) is 0 Å². The van der Waals surface area contributed by atoms with E-state index in [9.17, 15) is 8.42 Å². The summed E-state index contributed by atoms with van der Waals surface area (Å²) in [5, 5.41) is -0.0332. The van der Waals surface area contributed by atoms with Crippen LogP contribution in [0.4, 0.5) is 0 Å². The molecule has 23 heavy (non-hydrogen) atoms. The molecule has 2 heterocycles. The van der Waals surface area contributed by atoms with E-state index in [-0.39, 0.29) is 16.2 Å². The van der Waals surface area contributed by atoms with Gasteiger partial charge in [-0.3, -0.25) is 4.40 Å². The molecule has 1 N–H and O–H groups in total. The quantitative estimate of drug-likeness (QED) is 0.792. The van der Waals surface area contributed by atoms with Crippen LogP contribution in [0.2, 0.25) is 5.15 Å². The van der Waals surface area contributed by atoms with Crippen LogP contribution >= 0.6 is 11.6 Å². The Morgan fingerprint density at radius 1 is 1.17 bits per heavy atom. The van der Waals surface area contributed by atoms with E-state index in [0.29, 0.717) is 5.65 Å². The highest BCUT2D eigenvalue weighted by Crippen LogP contribution is 2.33. The van der Waals surface area contributed by atoms with Crippen molar-refractivity contribution in [1.29, 1.82) is 0 Å². The Kier molecular flexibility index (Phi) is 3.41. The van der Waals surface area contributed by atoms with Crippen LogP contribution in [0.25, 0.3) is 5.65 Å². The highest BCUT2D eigenvalue weighted by molar-refractivity contribution is 7.89. The highest BCUT2D eigenvalue weighted by atomic mass is 35.5. The second-order valence-corrected chi connectivity index (χ2v) is 7.54. The van der Waals surface area contributed by atoms with Gasteiger partial charge in [-0.1, -0.05) is 41.9 Å². The summed E-state index contributed by atoms with van der Waals surface area (Å²) < 4.78 is 29.9. The fraction of sp³-hybridized carbons (Fsp3) is 0.188. The van der Waals surface area contributed by atoms with Gasteiger partial charge < -0.3 is 0 Å². The average molecular weight is 348 g/mol.